The van der Waals surface area contributed by atoms with Crippen LogP contribution in [0.5, 0.6) is 0 Å². The van der Waals surface area contributed by atoms with Gasteiger partial charge in [-0.2, -0.15) is 11.8 Å². The van der Waals surface area contributed by atoms with E-state index in [-0.39, 0.29) is 11.7 Å². The van der Waals surface area contributed by atoms with Gasteiger partial charge in [-0.25, -0.2) is 4.39 Å². The second-order valence-electron chi connectivity index (χ2n) is 2.97. The molecule has 5 heteroatoms. The zero-order chi connectivity index (χ0) is 11.3. The Morgan fingerprint density at radius 3 is 2.87 bits per heavy atom. The van der Waals surface area contributed by atoms with Crippen LogP contribution < -0.4 is 5.73 Å². The lowest BCUT2D eigenvalue weighted by Crippen LogP contribution is -2.13. The molecule has 0 aliphatic rings. The highest BCUT2D eigenvalue weighted by molar-refractivity contribution is 7.98. The van der Waals surface area contributed by atoms with E-state index in [9.17, 15) is 4.39 Å². The van der Waals surface area contributed by atoms with Gasteiger partial charge in [-0.1, -0.05) is 12.1 Å². The van der Waals surface area contributed by atoms with E-state index in [1.807, 2.05) is 6.92 Å². The predicted molar refractivity (Wildman–Crippen MR) is 60.7 cm³/mol. The van der Waals surface area contributed by atoms with Crippen molar-refractivity contribution in [3.63, 3.8) is 0 Å². The number of thioether (sulfide) groups is 1. The molecule has 1 rings (SSSR count). The van der Waals surface area contributed by atoms with Gasteiger partial charge >= 0.3 is 0 Å². The van der Waals surface area contributed by atoms with Crippen LogP contribution in [-0.2, 0) is 5.75 Å². The van der Waals surface area contributed by atoms with Gasteiger partial charge in [0.05, 0.1) is 0 Å². The summed E-state index contributed by atoms with van der Waals surface area (Å²) in [6, 6.07) is 4.42. The van der Waals surface area contributed by atoms with Crippen LogP contribution in [-0.4, -0.2) is 16.8 Å². The van der Waals surface area contributed by atoms with Gasteiger partial charge in [-0.05, 0) is 29.5 Å². The van der Waals surface area contributed by atoms with E-state index in [2.05, 4.69) is 5.16 Å². The number of amidine groups is 1. The van der Waals surface area contributed by atoms with Gasteiger partial charge in [-0.3, -0.25) is 0 Å². The molecule has 3 N–H and O–H groups in total. The van der Waals surface area contributed by atoms with Crippen molar-refractivity contribution < 1.29 is 9.60 Å². The first-order chi connectivity index (χ1) is 7.17. The summed E-state index contributed by atoms with van der Waals surface area (Å²) < 4.78 is 13.2. The molecule has 0 spiro atoms. The van der Waals surface area contributed by atoms with Crippen molar-refractivity contribution in [2.45, 2.75) is 12.7 Å². The van der Waals surface area contributed by atoms with Gasteiger partial charge in [-0.15, -0.1) is 0 Å². The van der Waals surface area contributed by atoms with Crippen molar-refractivity contribution >= 4 is 17.6 Å². The van der Waals surface area contributed by atoms with Gasteiger partial charge in [0.15, 0.2) is 5.84 Å². The lowest BCUT2D eigenvalue weighted by Gasteiger charge is -2.04. The second kappa shape index (κ2) is 5.60. The van der Waals surface area contributed by atoms with Crippen LogP contribution in [0.4, 0.5) is 4.39 Å². The summed E-state index contributed by atoms with van der Waals surface area (Å²) in [5.41, 5.74) is 6.63. The van der Waals surface area contributed by atoms with Crippen LogP contribution in [0.25, 0.3) is 0 Å². The molecule has 0 aliphatic heterocycles. The van der Waals surface area contributed by atoms with E-state index in [0.717, 1.165) is 17.1 Å². The molecule has 0 radical (unpaired) electrons. The summed E-state index contributed by atoms with van der Waals surface area (Å²) in [7, 11) is 0. The largest absolute Gasteiger partial charge is 0.409 e. The minimum atomic E-state index is -0.370. The van der Waals surface area contributed by atoms with Crippen molar-refractivity contribution in [1.82, 2.24) is 0 Å². The number of hydrogen-bond acceptors (Lipinski definition) is 3. The Morgan fingerprint density at radius 1 is 1.53 bits per heavy atom. The lowest BCUT2D eigenvalue weighted by atomic mass is 10.1. The predicted octanol–water partition coefficient (Wildman–Crippen LogP) is 2.17. The summed E-state index contributed by atoms with van der Waals surface area (Å²) in [5.74, 6) is 1.25. The summed E-state index contributed by atoms with van der Waals surface area (Å²) in [5, 5.41) is 11.3. The van der Waals surface area contributed by atoms with Crippen LogP contribution in [0.2, 0.25) is 0 Å². The van der Waals surface area contributed by atoms with Crippen molar-refractivity contribution in [3.05, 3.63) is 35.1 Å². The molecule has 0 unspecified atom stereocenters. The molecule has 0 aliphatic carbocycles. The second-order valence-corrected chi connectivity index (χ2v) is 4.24. The number of benzene rings is 1. The SMILES string of the molecule is CCSCc1cc(F)cc(/C(N)=N/O)c1. The Bertz CT molecular complexity index is 368. The third kappa shape index (κ3) is 3.43. The highest BCUT2D eigenvalue weighted by atomic mass is 32.2. The van der Waals surface area contributed by atoms with Gasteiger partial charge in [0.2, 0.25) is 0 Å². The third-order valence-corrected chi connectivity index (χ3v) is 2.78. The smallest absolute Gasteiger partial charge is 0.170 e. The number of oxime groups is 1. The first kappa shape index (κ1) is 11.8. The summed E-state index contributed by atoms with van der Waals surface area (Å²) in [6.07, 6.45) is 0. The number of nitrogens with two attached hydrogens (primary N) is 1. The van der Waals surface area contributed by atoms with Gasteiger partial charge in [0.25, 0.3) is 0 Å². The minimum absolute atomic E-state index is 0.0720. The number of halogens is 1. The van der Waals surface area contributed by atoms with Crippen LogP contribution in [0.3, 0.4) is 0 Å². The van der Waals surface area contributed by atoms with Gasteiger partial charge in [0, 0.05) is 11.3 Å². The Hall–Kier alpha value is -1.23. The molecule has 0 heterocycles. The molecule has 0 saturated heterocycles. The Kier molecular flexibility index (Phi) is 4.42. The fourth-order valence-electron chi connectivity index (χ4n) is 1.16. The lowest BCUT2D eigenvalue weighted by molar-refractivity contribution is 0.318. The summed E-state index contributed by atoms with van der Waals surface area (Å²) >= 11 is 1.69. The average Bonchev–Trinajstić information content (AvgIpc) is 2.24. The number of hydrogen-bond donors (Lipinski definition) is 2. The molecule has 82 valence electrons. The van der Waals surface area contributed by atoms with E-state index in [4.69, 9.17) is 10.9 Å². The van der Waals surface area contributed by atoms with E-state index < -0.39 is 0 Å². The van der Waals surface area contributed by atoms with Crippen molar-refractivity contribution in [2.75, 3.05) is 5.75 Å². The van der Waals surface area contributed by atoms with E-state index in [0.29, 0.717) is 5.56 Å². The highest BCUT2D eigenvalue weighted by Crippen LogP contribution is 2.15. The molecule has 0 bridgehead atoms. The normalized spacial score (nSPS) is 11.7. The maximum Gasteiger partial charge on any atom is 0.170 e. The first-order valence-corrected chi connectivity index (χ1v) is 5.68. The molecule has 0 aromatic heterocycles. The molecule has 0 atom stereocenters. The molecule has 0 fully saturated rings. The molecule has 3 nitrogen and oxygen atoms in total. The Labute approximate surface area is 92.2 Å². The topological polar surface area (TPSA) is 58.6 Å². The number of rotatable bonds is 4. The standard InChI is InChI=1S/C10H13FN2OS/c1-2-15-6-7-3-8(10(12)13-14)5-9(11)4-7/h3-5,14H,2,6H2,1H3,(H2,12,13). The fraction of sp³-hybridized carbons (Fsp3) is 0.300. The Balaban J connectivity index is 2.94. The maximum atomic E-state index is 13.2. The molecular weight excluding hydrogens is 215 g/mol. The molecule has 1 aromatic rings. The minimum Gasteiger partial charge on any atom is -0.409 e. The van der Waals surface area contributed by atoms with Crippen molar-refractivity contribution in [1.29, 1.82) is 0 Å². The van der Waals surface area contributed by atoms with E-state index in [1.165, 1.54) is 12.1 Å². The van der Waals surface area contributed by atoms with Gasteiger partial charge in [0.1, 0.15) is 5.82 Å². The zero-order valence-electron chi connectivity index (χ0n) is 8.40. The molecule has 0 saturated carbocycles. The van der Waals surface area contributed by atoms with Crippen LogP contribution in [0.1, 0.15) is 18.1 Å². The molecule has 1 aromatic carbocycles. The van der Waals surface area contributed by atoms with E-state index in [1.54, 1.807) is 17.8 Å². The monoisotopic (exact) mass is 228 g/mol. The van der Waals surface area contributed by atoms with Crippen LogP contribution in [0, 0.1) is 5.82 Å². The van der Waals surface area contributed by atoms with Gasteiger partial charge < -0.3 is 10.9 Å². The van der Waals surface area contributed by atoms with Crippen LogP contribution >= 0.6 is 11.8 Å². The van der Waals surface area contributed by atoms with Crippen LogP contribution in [0.15, 0.2) is 23.4 Å². The first-order valence-electron chi connectivity index (χ1n) is 4.52. The molecule has 0 amide bonds. The van der Waals surface area contributed by atoms with Crippen molar-refractivity contribution in [2.24, 2.45) is 10.9 Å². The fourth-order valence-corrected chi connectivity index (χ4v) is 1.77. The third-order valence-electron chi connectivity index (χ3n) is 1.83. The maximum absolute atomic E-state index is 13.2. The van der Waals surface area contributed by atoms with E-state index >= 15 is 0 Å². The summed E-state index contributed by atoms with van der Waals surface area (Å²) in [4.78, 5) is 0. The molecule has 15 heavy (non-hydrogen) atoms. The van der Waals surface area contributed by atoms with Crippen molar-refractivity contribution in [3.8, 4) is 0 Å². The quantitative estimate of drug-likeness (QED) is 0.359. The zero-order valence-corrected chi connectivity index (χ0v) is 9.22. The molecular formula is C10H13FN2OS. The Morgan fingerprint density at radius 2 is 2.27 bits per heavy atom. The average molecular weight is 228 g/mol. The summed E-state index contributed by atoms with van der Waals surface area (Å²) in [6.45, 7) is 2.04. The highest BCUT2D eigenvalue weighted by Gasteiger charge is 2.04. The number of nitrogens with zero attached hydrogens (tertiary/aromatic N) is 1.